The maximum atomic E-state index is 12.9. The Kier molecular flexibility index (Phi) is 4.18. The van der Waals surface area contributed by atoms with Crippen molar-refractivity contribution in [1.82, 2.24) is 0 Å². The zero-order valence-electron chi connectivity index (χ0n) is 14.3. The first-order valence-corrected chi connectivity index (χ1v) is 8.63. The van der Waals surface area contributed by atoms with Gasteiger partial charge in [-0.25, -0.2) is 0 Å². The molecule has 0 saturated heterocycles. The standard InChI is InChI=1S/C21H26O2/c1-21(2,3)16-11-8-15(9-12-16)19(22)18-13-10-14-6-4-5-7-17(14)20(18)23/h4-7,10,13,15-16,23H,8-9,11-12H2,1-3H3. The van der Waals surface area contributed by atoms with E-state index in [2.05, 4.69) is 20.8 Å². The summed E-state index contributed by atoms with van der Waals surface area (Å²) in [5.74, 6) is 1.00. The molecule has 0 bridgehead atoms. The van der Waals surface area contributed by atoms with Crippen molar-refractivity contribution in [1.29, 1.82) is 0 Å². The van der Waals surface area contributed by atoms with Gasteiger partial charge in [-0.15, -0.1) is 0 Å². The van der Waals surface area contributed by atoms with Gasteiger partial charge in [0, 0.05) is 11.3 Å². The highest BCUT2D eigenvalue weighted by atomic mass is 16.3. The van der Waals surface area contributed by atoms with Crippen LogP contribution in [0.2, 0.25) is 0 Å². The molecule has 0 atom stereocenters. The van der Waals surface area contributed by atoms with Crippen LogP contribution < -0.4 is 0 Å². The van der Waals surface area contributed by atoms with Crippen molar-refractivity contribution < 1.29 is 9.90 Å². The number of fused-ring (bicyclic) bond motifs is 1. The van der Waals surface area contributed by atoms with Crippen LogP contribution in [0.1, 0.15) is 56.8 Å². The minimum Gasteiger partial charge on any atom is -0.507 e. The number of carbonyl (C=O) groups is 1. The van der Waals surface area contributed by atoms with Crippen LogP contribution in [-0.4, -0.2) is 10.9 Å². The number of carbonyl (C=O) groups excluding carboxylic acids is 1. The summed E-state index contributed by atoms with van der Waals surface area (Å²) in [6, 6.07) is 11.4. The van der Waals surface area contributed by atoms with Gasteiger partial charge in [0.25, 0.3) is 0 Å². The Balaban J connectivity index is 1.81. The second kappa shape index (κ2) is 5.99. The molecule has 2 aromatic rings. The SMILES string of the molecule is CC(C)(C)C1CCC(C(=O)c2ccc3ccccc3c2O)CC1. The average Bonchev–Trinajstić information content (AvgIpc) is 2.54. The zero-order valence-corrected chi connectivity index (χ0v) is 14.3. The average molecular weight is 310 g/mol. The highest BCUT2D eigenvalue weighted by Crippen LogP contribution is 2.41. The molecule has 1 aliphatic rings. The van der Waals surface area contributed by atoms with Crippen molar-refractivity contribution in [3.63, 3.8) is 0 Å². The molecule has 0 aliphatic heterocycles. The molecule has 1 aliphatic carbocycles. The van der Waals surface area contributed by atoms with E-state index in [4.69, 9.17) is 0 Å². The molecule has 0 spiro atoms. The van der Waals surface area contributed by atoms with Crippen LogP contribution >= 0.6 is 0 Å². The van der Waals surface area contributed by atoms with Crippen molar-refractivity contribution >= 4 is 16.6 Å². The minimum absolute atomic E-state index is 0.0562. The maximum absolute atomic E-state index is 12.9. The number of aromatic hydroxyl groups is 1. The number of phenols is 1. The maximum Gasteiger partial charge on any atom is 0.169 e. The molecule has 122 valence electrons. The Morgan fingerprint density at radius 2 is 1.65 bits per heavy atom. The lowest BCUT2D eigenvalue weighted by molar-refractivity contribution is 0.0817. The van der Waals surface area contributed by atoms with Crippen molar-refractivity contribution in [3.05, 3.63) is 42.0 Å². The molecule has 2 nitrogen and oxygen atoms in total. The molecule has 1 fully saturated rings. The number of benzene rings is 2. The lowest BCUT2D eigenvalue weighted by Crippen LogP contribution is -2.28. The van der Waals surface area contributed by atoms with E-state index >= 15 is 0 Å². The van der Waals surface area contributed by atoms with E-state index < -0.39 is 0 Å². The number of hydrogen-bond donors (Lipinski definition) is 1. The number of rotatable bonds is 2. The molecule has 0 heterocycles. The van der Waals surface area contributed by atoms with Crippen LogP contribution in [0.4, 0.5) is 0 Å². The van der Waals surface area contributed by atoms with Crippen LogP contribution in [0.5, 0.6) is 5.75 Å². The van der Waals surface area contributed by atoms with Crippen LogP contribution in [0.15, 0.2) is 36.4 Å². The van der Waals surface area contributed by atoms with Gasteiger partial charge < -0.3 is 5.11 Å². The van der Waals surface area contributed by atoms with Crippen molar-refractivity contribution in [2.24, 2.45) is 17.3 Å². The van der Waals surface area contributed by atoms with Gasteiger partial charge in [0.2, 0.25) is 0 Å². The first-order chi connectivity index (χ1) is 10.9. The first-order valence-electron chi connectivity index (χ1n) is 8.63. The molecule has 1 saturated carbocycles. The van der Waals surface area contributed by atoms with Gasteiger partial charge in [0.1, 0.15) is 5.75 Å². The lowest BCUT2D eigenvalue weighted by Gasteiger charge is -2.36. The summed E-state index contributed by atoms with van der Waals surface area (Å²) < 4.78 is 0. The molecule has 0 amide bonds. The summed E-state index contributed by atoms with van der Waals surface area (Å²) in [6.45, 7) is 6.86. The third-order valence-corrected chi connectivity index (χ3v) is 5.49. The molecule has 0 unspecified atom stereocenters. The Labute approximate surface area is 138 Å². The highest BCUT2D eigenvalue weighted by molar-refractivity contribution is 6.05. The summed E-state index contributed by atoms with van der Waals surface area (Å²) in [7, 11) is 0. The number of Topliss-reactive ketones (excluding diaryl/α,β-unsaturated/α-hetero) is 1. The van der Waals surface area contributed by atoms with Crippen LogP contribution in [0, 0.1) is 17.3 Å². The van der Waals surface area contributed by atoms with E-state index in [0.29, 0.717) is 16.9 Å². The Morgan fingerprint density at radius 3 is 2.30 bits per heavy atom. The summed E-state index contributed by atoms with van der Waals surface area (Å²) >= 11 is 0. The fourth-order valence-electron chi connectivity index (χ4n) is 3.90. The van der Waals surface area contributed by atoms with Crippen LogP contribution in [0.3, 0.4) is 0 Å². The molecule has 0 aromatic heterocycles. The van der Waals surface area contributed by atoms with Gasteiger partial charge in [-0.3, -0.25) is 4.79 Å². The number of hydrogen-bond acceptors (Lipinski definition) is 2. The Bertz CT molecular complexity index is 716. The van der Waals surface area contributed by atoms with Crippen LogP contribution in [-0.2, 0) is 0 Å². The van der Waals surface area contributed by atoms with E-state index in [1.807, 2.05) is 30.3 Å². The fourth-order valence-corrected chi connectivity index (χ4v) is 3.90. The van der Waals surface area contributed by atoms with Crippen molar-refractivity contribution in [3.8, 4) is 5.75 Å². The molecule has 23 heavy (non-hydrogen) atoms. The molecule has 2 aromatic carbocycles. The normalized spacial score (nSPS) is 22.2. The van der Waals surface area contributed by atoms with Gasteiger partial charge in [-0.1, -0.05) is 51.1 Å². The van der Waals surface area contributed by atoms with E-state index in [9.17, 15) is 9.90 Å². The monoisotopic (exact) mass is 310 g/mol. The second-order valence-corrected chi connectivity index (χ2v) is 7.96. The summed E-state index contributed by atoms with van der Waals surface area (Å²) in [5.41, 5.74) is 0.807. The molecule has 3 rings (SSSR count). The summed E-state index contributed by atoms with van der Waals surface area (Å²) in [5, 5.41) is 12.2. The fraction of sp³-hybridized carbons (Fsp3) is 0.476. The third-order valence-electron chi connectivity index (χ3n) is 5.49. The van der Waals surface area contributed by atoms with E-state index in [-0.39, 0.29) is 17.5 Å². The van der Waals surface area contributed by atoms with Crippen LogP contribution in [0.25, 0.3) is 10.8 Å². The van der Waals surface area contributed by atoms with Gasteiger partial charge in [0.15, 0.2) is 5.78 Å². The Hall–Kier alpha value is -1.83. The predicted octanol–water partition coefficient (Wildman–Crippen LogP) is 5.58. The third kappa shape index (κ3) is 3.12. The highest BCUT2D eigenvalue weighted by Gasteiger charge is 2.33. The number of ketones is 1. The smallest absolute Gasteiger partial charge is 0.169 e. The van der Waals surface area contributed by atoms with Gasteiger partial charge in [-0.2, -0.15) is 0 Å². The number of phenolic OH excluding ortho intramolecular Hbond substituents is 1. The summed E-state index contributed by atoms with van der Waals surface area (Å²) in [6.07, 6.45) is 4.09. The predicted molar refractivity (Wildman–Crippen MR) is 94.8 cm³/mol. The molecular formula is C21H26O2. The summed E-state index contributed by atoms with van der Waals surface area (Å²) in [4.78, 5) is 12.9. The molecule has 1 N–H and O–H groups in total. The molecule has 0 radical (unpaired) electrons. The van der Waals surface area contributed by atoms with Crippen molar-refractivity contribution in [2.75, 3.05) is 0 Å². The minimum atomic E-state index is 0.0562. The molecule has 2 heteroatoms. The first kappa shape index (κ1) is 16.0. The Morgan fingerprint density at radius 1 is 1.00 bits per heavy atom. The zero-order chi connectivity index (χ0) is 16.6. The van der Waals surface area contributed by atoms with E-state index in [1.165, 1.54) is 0 Å². The van der Waals surface area contributed by atoms with Crippen molar-refractivity contribution in [2.45, 2.75) is 46.5 Å². The topological polar surface area (TPSA) is 37.3 Å². The second-order valence-electron chi connectivity index (χ2n) is 7.96. The quantitative estimate of drug-likeness (QED) is 0.735. The lowest BCUT2D eigenvalue weighted by atomic mass is 9.68. The largest absolute Gasteiger partial charge is 0.507 e. The van der Waals surface area contributed by atoms with Gasteiger partial charge in [-0.05, 0) is 48.5 Å². The van der Waals surface area contributed by atoms with Gasteiger partial charge in [0.05, 0.1) is 5.56 Å². The van der Waals surface area contributed by atoms with Gasteiger partial charge >= 0.3 is 0 Å². The molecular weight excluding hydrogens is 284 g/mol. The van der Waals surface area contributed by atoms with E-state index in [0.717, 1.165) is 36.5 Å². The van der Waals surface area contributed by atoms with E-state index in [1.54, 1.807) is 6.07 Å².